The van der Waals surface area contributed by atoms with Gasteiger partial charge in [0, 0.05) is 17.0 Å². The van der Waals surface area contributed by atoms with E-state index in [1.54, 1.807) is 6.07 Å². The predicted octanol–water partition coefficient (Wildman–Crippen LogP) is 2.08. The van der Waals surface area contributed by atoms with Gasteiger partial charge in [-0.2, -0.15) is 5.10 Å². The average Bonchev–Trinajstić information content (AvgIpc) is 3.09. The van der Waals surface area contributed by atoms with Gasteiger partial charge in [-0.1, -0.05) is 6.92 Å². The average molecular weight is 385 g/mol. The Balaban J connectivity index is 1.65. The number of nitrogens with one attached hydrogen (secondary N) is 1. The lowest BCUT2D eigenvalue weighted by Crippen LogP contribution is -2.29. The summed E-state index contributed by atoms with van der Waals surface area (Å²) in [7, 11) is 0. The molecule has 0 aliphatic rings. The van der Waals surface area contributed by atoms with Crippen LogP contribution in [0.15, 0.2) is 46.6 Å². The van der Waals surface area contributed by atoms with Crippen molar-refractivity contribution in [3.05, 3.63) is 67.6 Å². The van der Waals surface area contributed by atoms with E-state index in [0.29, 0.717) is 15.8 Å². The molecule has 1 amide bonds. The Morgan fingerprint density at radius 3 is 2.81 bits per heavy atom. The monoisotopic (exact) mass is 385 g/mol. The number of carbonyl (C=O) groups is 1. The summed E-state index contributed by atoms with van der Waals surface area (Å²) in [5.41, 5.74) is 2.61. The summed E-state index contributed by atoms with van der Waals surface area (Å²) in [5.74, 6) is -0.484. The van der Waals surface area contributed by atoms with Crippen molar-refractivity contribution in [2.24, 2.45) is 5.10 Å². The number of benzene rings is 1. The molecular formula is C17H15N5O4S. The number of thiophene rings is 1. The summed E-state index contributed by atoms with van der Waals surface area (Å²) in [5, 5.41) is 14.9. The number of non-ortho nitro benzene ring substituents is 1. The molecule has 0 aliphatic heterocycles. The highest BCUT2D eigenvalue weighted by Crippen LogP contribution is 2.20. The van der Waals surface area contributed by atoms with Gasteiger partial charge in [-0.3, -0.25) is 24.3 Å². The first-order valence-corrected chi connectivity index (χ1v) is 8.83. The van der Waals surface area contributed by atoms with Crippen molar-refractivity contribution in [1.29, 1.82) is 0 Å². The maximum Gasteiger partial charge on any atom is 0.269 e. The zero-order valence-electron chi connectivity index (χ0n) is 14.3. The molecule has 0 aliphatic carbocycles. The second-order valence-corrected chi connectivity index (χ2v) is 6.72. The van der Waals surface area contributed by atoms with E-state index in [2.05, 4.69) is 15.5 Å². The molecule has 0 atom stereocenters. The fraction of sp³-hybridized carbons (Fsp3) is 0.176. The van der Waals surface area contributed by atoms with E-state index in [1.165, 1.54) is 52.7 Å². The lowest BCUT2D eigenvalue weighted by Gasteiger charge is -2.03. The van der Waals surface area contributed by atoms with Crippen LogP contribution in [0.5, 0.6) is 0 Å². The van der Waals surface area contributed by atoms with Crippen molar-refractivity contribution < 1.29 is 9.72 Å². The first kappa shape index (κ1) is 18.4. The van der Waals surface area contributed by atoms with E-state index in [4.69, 9.17) is 0 Å². The van der Waals surface area contributed by atoms with Gasteiger partial charge in [-0.25, -0.2) is 10.4 Å². The van der Waals surface area contributed by atoms with Gasteiger partial charge in [-0.15, -0.1) is 11.3 Å². The fourth-order valence-corrected chi connectivity index (χ4v) is 3.27. The van der Waals surface area contributed by atoms with Gasteiger partial charge >= 0.3 is 0 Å². The third-order valence-corrected chi connectivity index (χ3v) is 4.93. The minimum atomic E-state index is -0.498. The third kappa shape index (κ3) is 4.23. The number of nitrogens with zero attached hydrogens (tertiary/aromatic N) is 4. The van der Waals surface area contributed by atoms with Crippen LogP contribution in [0.3, 0.4) is 0 Å². The van der Waals surface area contributed by atoms with Gasteiger partial charge in [0.05, 0.1) is 22.9 Å². The van der Waals surface area contributed by atoms with Crippen molar-refractivity contribution in [2.75, 3.05) is 0 Å². The molecular weight excluding hydrogens is 370 g/mol. The third-order valence-electron chi connectivity index (χ3n) is 3.74. The van der Waals surface area contributed by atoms with E-state index in [0.717, 1.165) is 11.3 Å². The van der Waals surface area contributed by atoms with E-state index in [1.807, 2.05) is 6.92 Å². The first-order valence-electron chi connectivity index (χ1n) is 8.02. The van der Waals surface area contributed by atoms with Crippen LogP contribution in [0.2, 0.25) is 0 Å². The van der Waals surface area contributed by atoms with Gasteiger partial charge in [0.1, 0.15) is 11.4 Å². The quantitative estimate of drug-likeness (QED) is 0.396. The summed E-state index contributed by atoms with van der Waals surface area (Å²) >= 11 is 1.46. The van der Waals surface area contributed by atoms with Gasteiger partial charge in [0.25, 0.3) is 17.2 Å². The zero-order valence-corrected chi connectivity index (χ0v) is 15.1. The molecule has 10 heteroatoms. The smallest absolute Gasteiger partial charge is 0.269 e. The molecule has 2 aromatic heterocycles. The number of fused-ring (bicyclic) bond motifs is 1. The Morgan fingerprint density at radius 2 is 2.15 bits per heavy atom. The molecule has 0 radical (unpaired) electrons. The second kappa shape index (κ2) is 7.87. The number of carbonyl (C=O) groups excluding carboxylic acids is 1. The number of nitro groups is 1. The minimum absolute atomic E-state index is 0.0295. The predicted molar refractivity (Wildman–Crippen MR) is 102 cm³/mol. The van der Waals surface area contributed by atoms with Gasteiger partial charge < -0.3 is 0 Å². The van der Waals surface area contributed by atoms with Crippen molar-refractivity contribution in [3.8, 4) is 0 Å². The topological polar surface area (TPSA) is 119 Å². The summed E-state index contributed by atoms with van der Waals surface area (Å²) in [6.45, 7) is 1.79. The Kier molecular flexibility index (Phi) is 5.36. The largest absolute Gasteiger partial charge is 0.289 e. The van der Waals surface area contributed by atoms with Crippen molar-refractivity contribution in [2.45, 2.75) is 19.9 Å². The minimum Gasteiger partial charge on any atom is -0.289 e. The summed E-state index contributed by atoms with van der Waals surface area (Å²) in [6.07, 6.45) is 3.52. The van der Waals surface area contributed by atoms with Crippen LogP contribution < -0.4 is 11.0 Å². The van der Waals surface area contributed by atoms with Crippen LogP contribution in [-0.4, -0.2) is 26.6 Å². The van der Waals surface area contributed by atoms with E-state index in [-0.39, 0.29) is 17.8 Å². The highest BCUT2D eigenvalue weighted by Gasteiger charge is 2.10. The van der Waals surface area contributed by atoms with Crippen LogP contribution in [0.1, 0.15) is 17.4 Å². The normalized spacial score (nSPS) is 11.1. The van der Waals surface area contributed by atoms with E-state index < -0.39 is 10.8 Å². The number of hydrazone groups is 1. The van der Waals surface area contributed by atoms with Crippen LogP contribution in [0, 0.1) is 10.1 Å². The number of hydrogen-bond donors (Lipinski definition) is 1. The highest BCUT2D eigenvalue weighted by atomic mass is 32.1. The molecule has 0 saturated heterocycles. The number of rotatable bonds is 6. The van der Waals surface area contributed by atoms with Gasteiger partial charge in [0.2, 0.25) is 0 Å². The maximum absolute atomic E-state index is 12.4. The van der Waals surface area contributed by atoms with Crippen LogP contribution in [0.25, 0.3) is 10.2 Å². The highest BCUT2D eigenvalue weighted by molar-refractivity contribution is 7.18. The Hall–Kier alpha value is -3.40. The standard InChI is InChI=1S/C17H15N5O4S/c1-2-13-7-14-16(27-13)18-10-21(17(14)24)9-15(23)20-19-8-11-3-5-12(6-4-11)22(25)26/h3-8,10H,2,9H2,1H3,(H,20,23). The SMILES string of the molecule is CCc1cc2c(=O)n(CC(=O)NN=Cc3ccc([N+](=O)[O-])cc3)cnc2s1. The second-order valence-electron chi connectivity index (χ2n) is 5.60. The number of amides is 1. The summed E-state index contributed by atoms with van der Waals surface area (Å²) in [4.78, 5) is 40.5. The van der Waals surface area contributed by atoms with Crippen LogP contribution in [0.4, 0.5) is 5.69 Å². The number of nitro benzene ring substituents is 1. The molecule has 3 aromatic rings. The van der Waals surface area contributed by atoms with Gasteiger partial charge in [0.15, 0.2) is 0 Å². The molecule has 27 heavy (non-hydrogen) atoms. The lowest BCUT2D eigenvalue weighted by atomic mass is 10.2. The Bertz CT molecular complexity index is 1080. The molecule has 0 saturated carbocycles. The molecule has 2 heterocycles. The van der Waals surface area contributed by atoms with Crippen molar-refractivity contribution in [1.82, 2.24) is 15.0 Å². The molecule has 0 bridgehead atoms. The lowest BCUT2D eigenvalue weighted by molar-refractivity contribution is -0.384. The van der Waals surface area contributed by atoms with E-state index in [9.17, 15) is 19.7 Å². The van der Waals surface area contributed by atoms with Crippen molar-refractivity contribution >= 4 is 39.4 Å². The molecule has 1 N–H and O–H groups in total. The Morgan fingerprint density at radius 1 is 1.41 bits per heavy atom. The molecule has 0 spiro atoms. The molecule has 3 rings (SSSR count). The molecule has 138 valence electrons. The van der Waals surface area contributed by atoms with E-state index >= 15 is 0 Å². The molecule has 9 nitrogen and oxygen atoms in total. The number of aryl methyl sites for hydroxylation is 1. The van der Waals surface area contributed by atoms with Crippen LogP contribution in [-0.2, 0) is 17.8 Å². The maximum atomic E-state index is 12.4. The summed E-state index contributed by atoms with van der Waals surface area (Å²) < 4.78 is 1.23. The Labute approximate surface area is 157 Å². The zero-order chi connectivity index (χ0) is 19.4. The molecule has 0 unspecified atom stereocenters. The van der Waals surface area contributed by atoms with Crippen LogP contribution >= 0.6 is 11.3 Å². The summed E-state index contributed by atoms with van der Waals surface area (Å²) in [6, 6.07) is 7.51. The molecule has 1 aromatic carbocycles. The first-order chi connectivity index (χ1) is 13.0. The number of aromatic nitrogens is 2. The molecule has 0 fully saturated rings. The van der Waals surface area contributed by atoms with Crippen molar-refractivity contribution in [3.63, 3.8) is 0 Å². The number of hydrogen-bond acceptors (Lipinski definition) is 7. The fourth-order valence-electron chi connectivity index (χ4n) is 2.35. The van der Waals surface area contributed by atoms with Gasteiger partial charge in [-0.05, 0) is 30.2 Å².